The van der Waals surface area contributed by atoms with Crippen LogP contribution in [0, 0.1) is 6.92 Å². The molecule has 0 aliphatic carbocycles. The molecule has 3 aromatic carbocycles. The number of aryl methyl sites for hydroxylation is 1. The van der Waals surface area contributed by atoms with Gasteiger partial charge in [0.25, 0.3) is 0 Å². The smallest absolute Gasteiger partial charge is 0.395 e. The van der Waals surface area contributed by atoms with Gasteiger partial charge in [0.05, 0.1) is 11.3 Å². The first kappa shape index (κ1) is 25.8. The molecule has 1 unspecified atom stereocenters. The van der Waals surface area contributed by atoms with Crippen LogP contribution in [0.5, 0.6) is 23.0 Å². The Bertz CT molecular complexity index is 1490. The molecule has 0 aliphatic heterocycles. The standard InChI is InChI=1S/C27H23N2O7P/c1-17-26(31)23(15-30)21(14-28-17)16-34-24-9-5-6-10-25(24)36-37(33)29-18(2)27(32)35-22-12-11-19-7-3-4-8-20(19)13-22/h3-15,18,31H,16H2,1-2H3/t18-/m0/s1. The minimum Gasteiger partial charge on any atom is -0.575 e. The molecular weight excluding hydrogens is 495 g/mol. The summed E-state index contributed by atoms with van der Waals surface area (Å²) in [6.45, 7) is 2.94. The maximum Gasteiger partial charge on any atom is 0.395 e. The molecule has 0 spiro atoms. The van der Waals surface area contributed by atoms with Gasteiger partial charge >= 0.3 is 14.1 Å². The second-order valence-electron chi connectivity index (χ2n) is 8.04. The maximum atomic E-state index is 12.6. The third-order valence-corrected chi connectivity index (χ3v) is 6.32. The fourth-order valence-corrected chi connectivity index (χ4v) is 4.17. The SMILES string of the molecule is Cc1ncc(COc2ccccc2O[P+]([O-])=N[C@@H](C)C(=O)Oc2ccc3ccccc3c2)c(C=O)c1O. The average Bonchev–Trinajstić information content (AvgIpc) is 2.90. The first-order valence-corrected chi connectivity index (χ1v) is 12.4. The number of carbonyl (C=O) groups is 2. The van der Waals surface area contributed by atoms with Gasteiger partial charge in [-0.1, -0.05) is 47.2 Å². The minimum absolute atomic E-state index is 0.0747. The van der Waals surface area contributed by atoms with E-state index in [0.29, 0.717) is 23.3 Å². The Morgan fingerprint density at radius 2 is 1.81 bits per heavy atom. The zero-order valence-corrected chi connectivity index (χ0v) is 20.9. The number of nitrogens with zero attached hydrogens (tertiary/aromatic N) is 2. The van der Waals surface area contributed by atoms with Crippen LogP contribution < -0.4 is 18.9 Å². The lowest BCUT2D eigenvalue weighted by Crippen LogP contribution is -2.21. The molecule has 1 N–H and O–H groups in total. The van der Waals surface area contributed by atoms with Crippen molar-refractivity contribution >= 4 is 31.2 Å². The third-order valence-electron chi connectivity index (χ3n) is 5.43. The van der Waals surface area contributed by atoms with E-state index in [1.54, 1.807) is 37.3 Å². The second-order valence-corrected chi connectivity index (χ2v) is 8.92. The average molecular weight is 518 g/mol. The first-order valence-electron chi connectivity index (χ1n) is 11.3. The van der Waals surface area contributed by atoms with Crippen LogP contribution in [0.15, 0.2) is 77.7 Å². The summed E-state index contributed by atoms with van der Waals surface area (Å²) in [5, 5.41) is 12.0. The van der Waals surface area contributed by atoms with Crippen molar-refractivity contribution in [2.75, 3.05) is 0 Å². The molecule has 9 nitrogen and oxygen atoms in total. The number of aldehydes is 1. The molecule has 0 saturated carbocycles. The first-order chi connectivity index (χ1) is 17.9. The molecule has 0 aliphatic rings. The lowest BCUT2D eigenvalue weighted by atomic mass is 10.1. The summed E-state index contributed by atoms with van der Waals surface area (Å²) in [5.41, 5.74) is 0.763. The number of aromatic hydroxyl groups is 1. The minimum atomic E-state index is -2.65. The van der Waals surface area contributed by atoms with Crippen molar-refractivity contribution in [3.8, 4) is 23.0 Å². The quantitative estimate of drug-likeness (QED) is 0.144. The number of fused-ring (bicyclic) bond motifs is 1. The normalized spacial score (nSPS) is 12.1. The second kappa shape index (κ2) is 11.6. The highest BCUT2D eigenvalue weighted by Crippen LogP contribution is 2.34. The molecule has 4 aromatic rings. The summed E-state index contributed by atoms with van der Waals surface area (Å²) in [5.74, 6) is -0.192. The summed E-state index contributed by atoms with van der Waals surface area (Å²) in [6.07, 6.45) is 1.96. The van der Waals surface area contributed by atoms with E-state index < -0.39 is 20.2 Å². The van der Waals surface area contributed by atoms with E-state index >= 15 is 0 Å². The molecule has 4 rings (SSSR count). The molecule has 1 heterocycles. The Labute approximate surface area is 213 Å². The van der Waals surface area contributed by atoms with Crippen molar-refractivity contribution < 1.29 is 33.6 Å². The van der Waals surface area contributed by atoms with Crippen molar-refractivity contribution in [1.82, 2.24) is 4.98 Å². The highest BCUT2D eigenvalue weighted by molar-refractivity contribution is 7.34. The highest BCUT2D eigenvalue weighted by Gasteiger charge is 2.21. The van der Waals surface area contributed by atoms with Gasteiger partial charge in [-0.15, -0.1) is 0 Å². The Balaban J connectivity index is 1.42. The van der Waals surface area contributed by atoms with Crippen LogP contribution in [0.1, 0.15) is 28.5 Å². The van der Waals surface area contributed by atoms with Crippen LogP contribution in [0.4, 0.5) is 0 Å². The highest BCUT2D eigenvalue weighted by atomic mass is 31.1. The number of hydrogen-bond acceptors (Lipinski definition) is 9. The monoisotopic (exact) mass is 518 g/mol. The van der Waals surface area contributed by atoms with Crippen molar-refractivity contribution in [2.24, 2.45) is 4.74 Å². The van der Waals surface area contributed by atoms with Gasteiger partial charge in [-0.3, -0.25) is 14.3 Å². The van der Waals surface area contributed by atoms with E-state index in [9.17, 15) is 19.6 Å². The van der Waals surface area contributed by atoms with Crippen LogP contribution in [0.2, 0.25) is 0 Å². The van der Waals surface area contributed by atoms with Gasteiger partial charge in [-0.2, -0.15) is 0 Å². The van der Waals surface area contributed by atoms with Crippen molar-refractivity contribution in [2.45, 2.75) is 26.5 Å². The van der Waals surface area contributed by atoms with E-state index in [1.165, 1.54) is 19.2 Å². The molecule has 0 bridgehead atoms. The van der Waals surface area contributed by atoms with Crippen LogP contribution in [-0.2, 0) is 11.4 Å². The van der Waals surface area contributed by atoms with E-state index in [2.05, 4.69) is 9.73 Å². The zero-order chi connectivity index (χ0) is 26.4. The fourth-order valence-electron chi connectivity index (χ4n) is 3.43. The van der Waals surface area contributed by atoms with E-state index in [1.807, 2.05) is 30.3 Å². The predicted molar refractivity (Wildman–Crippen MR) is 136 cm³/mol. The number of carbonyl (C=O) groups excluding carboxylic acids is 2. The van der Waals surface area contributed by atoms with Gasteiger partial charge < -0.3 is 19.5 Å². The van der Waals surface area contributed by atoms with Gasteiger partial charge in [0.15, 0.2) is 18.1 Å². The summed E-state index contributed by atoms with van der Waals surface area (Å²) in [4.78, 5) is 40.5. The van der Waals surface area contributed by atoms with Crippen LogP contribution in [0.3, 0.4) is 0 Å². The molecule has 188 valence electrons. The van der Waals surface area contributed by atoms with Crippen molar-refractivity contribution in [3.63, 3.8) is 0 Å². The van der Waals surface area contributed by atoms with E-state index in [-0.39, 0.29) is 29.4 Å². The molecular formula is C27H23N2O7P. The van der Waals surface area contributed by atoms with Crippen LogP contribution in [-0.4, -0.2) is 28.4 Å². The summed E-state index contributed by atoms with van der Waals surface area (Å²) >= 11 is 0. The number of pyridine rings is 1. The van der Waals surface area contributed by atoms with Gasteiger partial charge in [0, 0.05) is 11.8 Å². The number of aromatic nitrogens is 1. The Morgan fingerprint density at radius 3 is 2.57 bits per heavy atom. The fraction of sp³-hybridized carbons (Fsp3) is 0.148. The van der Waals surface area contributed by atoms with Gasteiger partial charge in [-0.05, 0) is 48.9 Å². The van der Waals surface area contributed by atoms with Crippen molar-refractivity contribution in [1.29, 1.82) is 0 Å². The number of hydrogen-bond donors (Lipinski definition) is 1. The molecule has 0 fully saturated rings. The molecule has 0 radical (unpaired) electrons. The van der Waals surface area contributed by atoms with Gasteiger partial charge in [0.1, 0.15) is 18.1 Å². The van der Waals surface area contributed by atoms with Gasteiger partial charge in [-0.25, -0.2) is 4.79 Å². The van der Waals surface area contributed by atoms with Crippen LogP contribution >= 0.6 is 8.17 Å². The number of para-hydroxylation sites is 2. The van der Waals surface area contributed by atoms with Crippen LogP contribution in [0.25, 0.3) is 10.8 Å². The molecule has 10 heteroatoms. The Kier molecular flexibility index (Phi) is 8.08. The summed E-state index contributed by atoms with van der Waals surface area (Å²) in [7, 11) is -2.65. The Morgan fingerprint density at radius 1 is 1.11 bits per heavy atom. The zero-order valence-electron chi connectivity index (χ0n) is 20.0. The summed E-state index contributed by atoms with van der Waals surface area (Å²) in [6, 6.07) is 18.3. The third kappa shape index (κ3) is 6.27. The number of rotatable bonds is 9. The number of ether oxygens (including phenoxy) is 2. The molecule has 1 aromatic heterocycles. The largest absolute Gasteiger partial charge is 0.575 e. The number of benzene rings is 3. The maximum absolute atomic E-state index is 12.6. The van der Waals surface area contributed by atoms with E-state index in [4.69, 9.17) is 14.0 Å². The van der Waals surface area contributed by atoms with Gasteiger partial charge in [0.2, 0.25) is 5.75 Å². The predicted octanol–water partition coefficient (Wildman–Crippen LogP) is 4.87. The lowest BCUT2D eigenvalue weighted by molar-refractivity contribution is -0.169. The molecule has 2 atom stereocenters. The topological polar surface area (TPSA) is 130 Å². The van der Waals surface area contributed by atoms with Crippen molar-refractivity contribution in [3.05, 3.63) is 89.7 Å². The lowest BCUT2D eigenvalue weighted by Gasteiger charge is -2.12. The Hall–Kier alpha value is -4.33. The molecule has 0 saturated heterocycles. The number of esters is 1. The molecule has 37 heavy (non-hydrogen) atoms. The van der Waals surface area contributed by atoms with E-state index in [0.717, 1.165) is 10.8 Å². The summed E-state index contributed by atoms with van der Waals surface area (Å²) < 4.78 is 20.5. The molecule has 0 amide bonds.